The molecule has 0 radical (unpaired) electrons. The Morgan fingerprint density at radius 2 is 1.94 bits per heavy atom. The van der Waals surface area contributed by atoms with Gasteiger partial charge in [0.2, 0.25) is 6.33 Å². The fourth-order valence-corrected chi connectivity index (χ4v) is 2.92. The molecule has 0 bridgehead atoms. The SMILES string of the molecule is Cn1cc[n+](CCCCC[N+]2(C)CCCC2)c1. The summed E-state index contributed by atoms with van der Waals surface area (Å²) in [7, 11) is 4.51. The van der Waals surface area contributed by atoms with Crippen LogP contribution < -0.4 is 4.57 Å². The van der Waals surface area contributed by atoms with Crippen LogP contribution in [-0.4, -0.2) is 35.7 Å². The molecule has 1 fully saturated rings. The predicted octanol–water partition coefficient (Wildman–Crippen LogP) is 1.72. The fraction of sp³-hybridized carbons (Fsp3) is 0.786. The van der Waals surface area contributed by atoms with Gasteiger partial charge in [-0.05, 0) is 19.3 Å². The van der Waals surface area contributed by atoms with Gasteiger partial charge in [-0.2, -0.15) is 0 Å². The summed E-state index contributed by atoms with van der Waals surface area (Å²) in [6.07, 6.45) is 13.4. The molecule has 3 heteroatoms. The average Bonchev–Trinajstić information content (AvgIpc) is 2.88. The lowest BCUT2D eigenvalue weighted by Crippen LogP contribution is -2.41. The Morgan fingerprint density at radius 1 is 1.18 bits per heavy atom. The van der Waals surface area contributed by atoms with Gasteiger partial charge in [0.1, 0.15) is 12.4 Å². The van der Waals surface area contributed by atoms with Gasteiger partial charge in [-0.1, -0.05) is 0 Å². The smallest absolute Gasteiger partial charge is 0.243 e. The van der Waals surface area contributed by atoms with E-state index in [0.717, 1.165) is 0 Å². The summed E-state index contributed by atoms with van der Waals surface area (Å²) in [6, 6.07) is 0. The topological polar surface area (TPSA) is 8.81 Å². The summed E-state index contributed by atoms with van der Waals surface area (Å²) in [4.78, 5) is 0. The molecule has 0 saturated carbocycles. The Hall–Kier alpha value is -0.830. The van der Waals surface area contributed by atoms with Crippen LogP contribution in [0.3, 0.4) is 0 Å². The maximum absolute atomic E-state index is 2.43. The Kier molecular flexibility index (Phi) is 4.21. The highest BCUT2D eigenvalue weighted by atomic mass is 15.3. The normalized spacial score (nSPS) is 18.7. The molecule has 0 N–H and O–H groups in total. The first-order chi connectivity index (χ1) is 8.18. The maximum Gasteiger partial charge on any atom is 0.243 e. The number of imidazole rings is 1. The molecular weight excluding hydrogens is 210 g/mol. The second-order valence-electron chi connectivity index (χ2n) is 5.87. The number of aromatic nitrogens is 2. The van der Waals surface area contributed by atoms with Crippen LogP contribution in [0.5, 0.6) is 0 Å². The van der Waals surface area contributed by atoms with Crippen molar-refractivity contribution in [3.8, 4) is 0 Å². The maximum atomic E-state index is 2.43. The number of unbranched alkanes of at least 4 members (excludes halogenated alkanes) is 2. The molecule has 3 nitrogen and oxygen atoms in total. The van der Waals surface area contributed by atoms with E-state index in [-0.39, 0.29) is 0 Å². The molecule has 0 spiro atoms. The van der Waals surface area contributed by atoms with Crippen molar-refractivity contribution in [2.45, 2.75) is 38.6 Å². The molecule has 0 aromatic carbocycles. The van der Waals surface area contributed by atoms with Gasteiger partial charge in [0.05, 0.1) is 40.3 Å². The van der Waals surface area contributed by atoms with E-state index in [1.165, 1.54) is 62.8 Å². The van der Waals surface area contributed by atoms with Gasteiger partial charge in [-0.25, -0.2) is 9.13 Å². The van der Waals surface area contributed by atoms with E-state index in [1.807, 2.05) is 0 Å². The number of likely N-dealkylation sites (tertiary alicyclic amines) is 1. The zero-order valence-electron chi connectivity index (χ0n) is 11.4. The van der Waals surface area contributed by atoms with Crippen molar-refractivity contribution in [3.63, 3.8) is 0 Å². The number of rotatable bonds is 6. The van der Waals surface area contributed by atoms with Crippen LogP contribution in [0.4, 0.5) is 0 Å². The predicted molar refractivity (Wildman–Crippen MR) is 69.5 cm³/mol. The van der Waals surface area contributed by atoms with E-state index in [4.69, 9.17) is 0 Å². The number of quaternary nitrogens is 1. The van der Waals surface area contributed by atoms with Gasteiger partial charge in [-0.3, -0.25) is 0 Å². The number of nitrogens with zero attached hydrogens (tertiary/aromatic N) is 3. The highest BCUT2D eigenvalue weighted by Gasteiger charge is 2.25. The molecule has 1 aliphatic heterocycles. The van der Waals surface area contributed by atoms with E-state index in [0.29, 0.717) is 0 Å². The summed E-state index contributed by atoms with van der Waals surface area (Å²) >= 11 is 0. The average molecular weight is 237 g/mol. The van der Waals surface area contributed by atoms with E-state index < -0.39 is 0 Å². The zero-order valence-corrected chi connectivity index (χ0v) is 11.4. The molecule has 2 rings (SSSR count). The lowest BCUT2D eigenvalue weighted by atomic mass is 10.2. The monoisotopic (exact) mass is 237 g/mol. The van der Waals surface area contributed by atoms with Gasteiger partial charge in [0, 0.05) is 12.8 Å². The summed E-state index contributed by atoms with van der Waals surface area (Å²) in [5.41, 5.74) is 0. The Morgan fingerprint density at radius 3 is 2.59 bits per heavy atom. The van der Waals surface area contributed by atoms with Gasteiger partial charge < -0.3 is 4.48 Å². The molecule has 1 aromatic rings. The largest absolute Gasteiger partial charge is 0.326 e. The first kappa shape index (κ1) is 12.6. The van der Waals surface area contributed by atoms with E-state index in [2.05, 4.69) is 42.0 Å². The second-order valence-corrected chi connectivity index (χ2v) is 5.87. The molecule has 0 unspecified atom stereocenters. The molecule has 0 amide bonds. The minimum atomic E-state index is 1.17. The third kappa shape index (κ3) is 3.84. The van der Waals surface area contributed by atoms with Crippen molar-refractivity contribution in [2.75, 3.05) is 26.7 Å². The fourth-order valence-electron chi connectivity index (χ4n) is 2.92. The Balaban J connectivity index is 1.57. The highest BCUT2D eigenvalue weighted by molar-refractivity contribution is 4.62. The van der Waals surface area contributed by atoms with Gasteiger partial charge in [0.15, 0.2) is 0 Å². The van der Waals surface area contributed by atoms with E-state index in [9.17, 15) is 0 Å². The molecule has 1 aromatic heterocycles. The lowest BCUT2D eigenvalue weighted by molar-refractivity contribution is -0.897. The van der Waals surface area contributed by atoms with Gasteiger partial charge in [0.25, 0.3) is 0 Å². The van der Waals surface area contributed by atoms with Gasteiger partial charge >= 0.3 is 0 Å². The van der Waals surface area contributed by atoms with Crippen LogP contribution in [0.2, 0.25) is 0 Å². The summed E-state index contributed by atoms with van der Waals surface area (Å²) in [5, 5.41) is 0. The van der Waals surface area contributed by atoms with E-state index >= 15 is 0 Å². The third-order valence-corrected chi connectivity index (χ3v) is 4.08. The van der Waals surface area contributed by atoms with Crippen LogP contribution in [0.1, 0.15) is 32.1 Å². The standard InChI is InChI=1S/C14H27N3/c1-15-9-10-16(14-15)8-4-3-5-11-17(2)12-6-7-13-17/h9-10,14H,3-8,11-13H2,1-2H3/q+2. The Bertz CT molecular complexity index is 337. The third-order valence-electron chi connectivity index (χ3n) is 4.08. The van der Waals surface area contributed by atoms with Crippen molar-refractivity contribution in [1.29, 1.82) is 0 Å². The molecule has 17 heavy (non-hydrogen) atoms. The van der Waals surface area contributed by atoms with Gasteiger partial charge in [-0.15, -0.1) is 0 Å². The second kappa shape index (κ2) is 5.67. The first-order valence-electron chi connectivity index (χ1n) is 7.03. The minimum Gasteiger partial charge on any atom is -0.326 e. The molecular formula is C14H27N3+2. The molecule has 0 atom stereocenters. The first-order valence-corrected chi connectivity index (χ1v) is 7.03. The van der Waals surface area contributed by atoms with Crippen LogP contribution in [-0.2, 0) is 13.6 Å². The van der Waals surface area contributed by atoms with Crippen molar-refractivity contribution in [2.24, 2.45) is 7.05 Å². The van der Waals surface area contributed by atoms with Crippen molar-refractivity contribution >= 4 is 0 Å². The quantitative estimate of drug-likeness (QED) is 0.405. The zero-order chi connectivity index (χ0) is 12.1. The molecule has 1 saturated heterocycles. The summed E-state index contributed by atoms with van der Waals surface area (Å²) in [5.74, 6) is 0. The van der Waals surface area contributed by atoms with Crippen molar-refractivity contribution in [3.05, 3.63) is 18.7 Å². The Labute approximate surface area is 105 Å². The number of aryl methyl sites for hydroxylation is 2. The molecule has 1 aliphatic rings. The lowest BCUT2D eigenvalue weighted by Gasteiger charge is -2.29. The number of hydrogen-bond donors (Lipinski definition) is 0. The van der Waals surface area contributed by atoms with Crippen LogP contribution in [0.25, 0.3) is 0 Å². The van der Waals surface area contributed by atoms with E-state index in [1.54, 1.807) is 0 Å². The van der Waals surface area contributed by atoms with Crippen molar-refractivity contribution in [1.82, 2.24) is 4.57 Å². The minimum absolute atomic E-state index is 1.17. The summed E-state index contributed by atoms with van der Waals surface area (Å²) in [6.45, 7) is 5.38. The highest BCUT2D eigenvalue weighted by Crippen LogP contribution is 2.17. The molecule has 96 valence electrons. The van der Waals surface area contributed by atoms with Crippen LogP contribution in [0.15, 0.2) is 18.7 Å². The van der Waals surface area contributed by atoms with Crippen molar-refractivity contribution < 1.29 is 9.05 Å². The van der Waals surface area contributed by atoms with Crippen LogP contribution in [0, 0.1) is 0 Å². The summed E-state index contributed by atoms with van der Waals surface area (Å²) < 4.78 is 5.72. The number of hydrogen-bond acceptors (Lipinski definition) is 0. The molecule has 2 heterocycles. The molecule has 0 aliphatic carbocycles. The van der Waals surface area contributed by atoms with Crippen LogP contribution >= 0.6 is 0 Å².